The third-order valence-electron chi connectivity index (χ3n) is 4.32. The fourth-order valence-corrected chi connectivity index (χ4v) is 3.12. The average molecular weight is 405 g/mol. The van der Waals surface area contributed by atoms with Gasteiger partial charge in [-0.3, -0.25) is 4.90 Å². The van der Waals surface area contributed by atoms with E-state index in [0.29, 0.717) is 5.92 Å². The maximum atomic E-state index is 13.1. The first kappa shape index (κ1) is 22.3. The van der Waals surface area contributed by atoms with E-state index < -0.39 is 12.5 Å². The first-order valence-electron chi connectivity index (χ1n) is 7.87. The van der Waals surface area contributed by atoms with Crippen molar-refractivity contribution in [3.8, 4) is 5.75 Å². The highest BCUT2D eigenvalue weighted by Gasteiger charge is 2.44. The smallest absolute Gasteiger partial charge is 0.428 e. The van der Waals surface area contributed by atoms with E-state index in [9.17, 15) is 17.6 Å². The van der Waals surface area contributed by atoms with Gasteiger partial charge >= 0.3 is 12.5 Å². The zero-order valence-corrected chi connectivity index (χ0v) is 15.1. The van der Waals surface area contributed by atoms with Gasteiger partial charge in [0.2, 0.25) is 0 Å². The standard InChI is InChI=1S/C16H20F4N2O.2ClH/c17-15(18)16(19,20)23-13-3-1-2-12(10-13)14(11-4-5-11)22-8-6-21-7-9-22;;/h1-3,10-11,14-15,21H,4-9H2;2*1H/t14-;;/m0../s1. The number of rotatable bonds is 6. The van der Waals surface area contributed by atoms with Crippen molar-refractivity contribution in [2.45, 2.75) is 31.4 Å². The zero-order valence-electron chi connectivity index (χ0n) is 13.5. The molecule has 25 heavy (non-hydrogen) atoms. The van der Waals surface area contributed by atoms with Crippen LogP contribution < -0.4 is 10.1 Å². The van der Waals surface area contributed by atoms with E-state index in [1.165, 1.54) is 12.1 Å². The molecule has 1 saturated heterocycles. The van der Waals surface area contributed by atoms with Crippen molar-refractivity contribution in [1.29, 1.82) is 0 Å². The molecule has 0 unspecified atom stereocenters. The first-order chi connectivity index (χ1) is 11.0. The Morgan fingerprint density at radius 3 is 2.32 bits per heavy atom. The summed E-state index contributed by atoms with van der Waals surface area (Å²) in [6.07, 6.45) is -6.11. The van der Waals surface area contributed by atoms with Gasteiger partial charge in [-0.1, -0.05) is 12.1 Å². The molecule has 0 spiro atoms. The molecule has 0 radical (unpaired) electrons. The van der Waals surface area contributed by atoms with E-state index in [1.807, 2.05) is 6.07 Å². The molecule has 2 aliphatic rings. The highest BCUT2D eigenvalue weighted by molar-refractivity contribution is 5.85. The molecule has 0 aromatic heterocycles. The van der Waals surface area contributed by atoms with Gasteiger partial charge in [-0.05, 0) is 36.5 Å². The summed E-state index contributed by atoms with van der Waals surface area (Å²) in [6.45, 7) is 3.56. The largest absolute Gasteiger partial charge is 0.461 e. The van der Waals surface area contributed by atoms with Crippen molar-refractivity contribution in [3.63, 3.8) is 0 Å². The summed E-state index contributed by atoms with van der Waals surface area (Å²) in [7, 11) is 0. The van der Waals surface area contributed by atoms with Crippen molar-refractivity contribution in [2.24, 2.45) is 5.92 Å². The molecule has 1 aliphatic heterocycles. The Labute approximate surface area is 156 Å². The van der Waals surface area contributed by atoms with Gasteiger partial charge in [0.25, 0.3) is 0 Å². The maximum Gasteiger partial charge on any atom is 0.461 e. The Hall–Kier alpha value is -0.760. The predicted molar refractivity (Wildman–Crippen MR) is 92.4 cm³/mol. The Kier molecular flexibility index (Phi) is 8.25. The Morgan fingerprint density at radius 2 is 1.76 bits per heavy atom. The van der Waals surface area contributed by atoms with Crippen LogP contribution in [0.15, 0.2) is 24.3 Å². The van der Waals surface area contributed by atoms with Gasteiger partial charge in [-0.2, -0.15) is 17.6 Å². The zero-order chi connectivity index (χ0) is 16.4. The number of hydrogen-bond donors (Lipinski definition) is 1. The van der Waals surface area contributed by atoms with Crippen LogP contribution in [-0.2, 0) is 0 Å². The molecular weight excluding hydrogens is 383 g/mol. The Morgan fingerprint density at radius 1 is 1.12 bits per heavy atom. The van der Waals surface area contributed by atoms with Gasteiger partial charge in [-0.25, -0.2) is 0 Å². The summed E-state index contributed by atoms with van der Waals surface area (Å²) in [6, 6.07) is 6.35. The first-order valence-corrected chi connectivity index (χ1v) is 7.87. The monoisotopic (exact) mass is 404 g/mol. The van der Waals surface area contributed by atoms with E-state index in [0.717, 1.165) is 44.6 Å². The van der Waals surface area contributed by atoms with Gasteiger partial charge in [0.15, 0.2) is 0 Å². The van der Waals surface area contributed by atoms with Gasteiger partial charge in [0, 0.05) is 32.2 Å². The third-order valence-corrected chi connectivity index (χ3v) is 4.32. The summed E-state index contributed by atoms with van der Waals surface area (Å²) in [5, 5.41) is 3.29. The quantitative estimate of drug-likeness (QED) is 0.721. The fraction of sp³-hybridized carbons (Fsp3) is 0.625. The molecule has 1 aromatic rings. The lowest BCUT2D eigenvalue weighted by Gasteiger charge is -2.35. The molecule has 1 heterocycles. The summed E-state index contributed by atoms with van der Waals surface area (Å²) in [5.41, 5.74) is 0.858. The van der Waals surface area contributed by atoms with E-state index in [4.69, 9.17) is 0 Å². The predicted octanol–water partition coefficient (Wildman–Crippen LogP) is 4.12. The summed E-state index contributed by atoms with van der Waals surface area (Å²) < 4.78 is 55.0. The second kappa shape index (κ2) is 9.26. The molecule has 3 nitrogen and oxygen atoms in total. The molecule has 1 aliphatic carbocycles. The van der Waals surface area contributed by atoms with Crippen LogP contribution in [0.25, 0.3) is 0 Å². The molecular formula is C16H22Cl2F4N2O. The van der Waals surface area contributed by atoms with Crippen LogP contribution in [0.2, 0.25) is 0 Å². The number of piperazine rings is 1. The molecule has 1 saturated carbocycles. The van der Waals surface area contributed by atoms with E-state index in [1.54, 1.807) is 6.07 Å². The van der Waals surface area contributed by atoms with E-state index >= 15 is 0 Å². The minimum atomic E-state index is -4.47. The van der Waals surface area contributed by atoms with E-state index in [-0.39, 0.29) is 36.6 Å². The minimum absolute atomic E-state index is 0. The highest BCUT2D eigenvalue weighted by atomic mass is 35.5. The van der Waals surface area contributed by atoms with Crippen LogP contribution in [0, 0.1) is 5.92 Å². The number of benzene rings is 1. The molecule has 3 rings (SSSR count). The second-order valence-corrected chi connectivity index (χ2v) is 6.11. The molecule has 1 N–H and O–H groups in total. The molecule has 1 aromatic carbocycles. The van der Waals surface area contributed by atoms with Crippen molar-refractivity contribution >= 4 is 24.8 Å². The van der Waals surface area contributed by atoms with Crippen molar-refractivity contribution < 1.29 is 22.3 Å². The van der Waals surface area contributed by atoms with Gasteiger partial charge in [0.1, 0.15) is 5.75 Å². The number of alkyl halides is 4. The van der Waals surface area contributed by atoms with Gasteiger partial charge < -0.3 is 10.1 Å². The summed E-state index contributed by atoms with van der Waals surface area (Å²) in [4.78, 5) is 2.33. The van der Waals surface area contributed by atoms with Gasteiger partial charge in [-0.15, -0.1) is 24.8 Å². The number of nitrogens with zero attached hydrogens (tertiary/aromatic N) is 1. The van der Waals surface area contributed by atoms with Crippen LogP contribution >= 0.6 is 24.8 Å². The van der Waals surface area contributed by atoms with Gasteiger partial charge in [0.05, 0.1) is 0 Å². The fourth-order valence-electron chi connectivity index (χ4n) is 3.12. The third kappa shape index (κ3) is 5.61. The number of halogens is 6. The number of nitrogens with one attached hydrogen (secondary N) is 1. The molecule has 1 atom stereocenters. The van der Waals surface area contributed by atoms with Crippen LogP contribution in [0.1, 0.15) is 24.4 Å². The van der Waals surface area contributed by atoms with Crippen LogP contribution in [0.4, 0.5) is 17.6 Å². The molecule has 9 heteroatoms. The van der Waals surface area contributed by atoms with Crippen LogP contribution in [0.3, 0.4) is 0 Å². The number of ether oxygens (including phenoxy) is 1. The summed E-state index contributed by atoms with van der Waals surface area (Å²) >= 11 is 0. The lowest BCUT2D eigenvalue weighted by molar-refractivity contribution is -0.253. The Balaban J connectivity index is 0.00000156. The van der Waals surface area contributed by atoms with Crippen molar-refractivity contribution in [3.05, 3.63) is 29.8 Å². The Bertz CT molecular complexity index is 541. The SMILES string of the molecule is Cl.Cl.FC(F)C(F)(F)Oc1cccc([C@H](C2CC2)N2CCNCC2)c1. The molecule has 0 amide bonds. The molecule has 0 bridgehead atoms. The highest BCUT2D eigenvalue weighted by Crippen LogP contribution is 2.45. The second-order valence-electron chi connectivity index (χ2n) is 6.11. The average Bonchev–Trinajstić information content (AvgIpc) is 3.33. The normalized spacial score (nSPS) is 19.7. The lowest BCUT2D eigenvalue weighted by Crippen LogP contribution is -2.45. The topological polar surface area (TPSA) is 24.5 Å². The maximum absolute atomic E-state index is 13.1. The number of hydrogen-bond acceptors (Lipinski definition) is 3. The van der Waals surface area contributed by atoms with E-state index in [2.05, 4.69) is 15.0 Å². The molecule has 2 fully saturated rings. The van der Waals surface area contributed by atoms with Crippen molar-refractivity contribution in [1.82, 2.24) is 10.2 Å². The molecule has 144 valence electrons. The lowest BCUT2D eigenvalue weighted by atomic mass is 9.99. The summed E-state index contributed by atoms with van der Waals surface area (Å²) in [5.74, 6) is 0.285. The van der Waals surface area contributed by atoms with Crippen molar-refractivity contribution in [2.75, 3.05) is 26.2 Å². The van der Waals surface area contributed by atoms with Crippen LogP contribution in [0.5, 0.6) is 5.75 Å². The minimum Gasteiger partial charge on any atom is -0.428 e. The van der Waals surface area contributed by atoms with Crippen LogP contribution in [-0.4, -0.2) is 43.6 Å².